The summed E-state index contributed by atoms with van der Waals surface area (Å²) in [5.74, 6) is -0.494. The minimum Gasteiger partial charge on any atom is -0.469 e. The summed E-state index contributed by atoms with van der Waals surface area (Å²) < 4.78 is 30.8. The van der Waals surface area contributed by atoms with Crippen LogP contribution in [0.3, 0.4) is 0 Å². The van der Waals surface area contributed by atoms with E-state index in [0.717, 1.165) is 5.56 Å². The van der Waals surface area contributed by atoms with Gasteiger partial charge in [0.15, 0.2) is 0 Å². The highest BCUT2D eigenvalue weighted by molar-refractivity contribution is 7.89. The predicted molar refractivity (Wildman–Crippen MR) is 82.8 cm³/mol. The molecule has 1 N–H and O–H groups in total. The average molecular weight is 334 g/mol. The van der Waals surface area contributed by atoms with Gasteiger partial charge in [0.2, 0.25) is 10.0 Å². The van der Waals surface area contributed by atoms with Crippen molar-refractivity contribution in [1.29, 1.82) is 0 Å². The molecule has 0 heterocycles. The third-order valence-electron chi connectivity index (χ3n) is 2.86. The first kappa shape index (κ1) is 17.9. The molecule has 0 radical (unpaired) electrons. The van der Waals surface area contributed by atoms with E-state index in [9.17, 15) is 13.2 Å². The van der Waals surface area contributed by atoms with E-state index in [1.165, 1.54) is 7.11 Å². The molecule has 0 amide bonds. The number of hydrogen-bond donors (Lipinski definition) is 1. The Morgan fingerprint density at radius 2 is 1.95 bits per heavy atom. The Kier molecular flexibility index (Phi) is 7.14. The lowest BCUT2D eigenvalue weighted by atomic mass is 10.1. The van der Waals surface area contributed by atoms with Crippen molar-refractivity contribution in [2.45, 2.75) is 32.2 Å². The summed E-state index contributed by atoms with van der Waals surface area (Å²) in [6.45, 7) is 1.80. The minimum absolute atomic E-state index is 0.0902. The Hall–Kier alpha value is -1.11. The monoisotopic (exact) mass is 333 g/mol. The smallest absolute Gasteiger partial charge is 0.305 e. The highest BCUT2D eigenvalue weighted by Crippen LogP contribution is 2.11. The first-order valence-electron chi connectivity index (χ1n) is 6.63. The van der Waals surface area contributed by atoms with Crippen molar-refractivity contribution in [3.05, 3.63) is 34.9 Å². The molecule has 0 fully saturated rings. The number of benzene rings is 1. The highest BCUT2D eigenvalue weighted by atomic mass is 35.5. The van der Waals surface area contributed by atoms with Gasteiger partial charge in [-0.2, -0.15) is 0 Å². The van der Waals surface area contributed by atoms with Crippen LogP contribution in [-0.4, -0.2) is 33.3 Å². The molecule has 0 saturated carbocycles. The fraction of sp³-hybridized carbons (Fsp3) is 0.500. The number of sulfonamides is 1. The Balaban J connectivity index is 2.43. The Morgan fingerprint density at radius 1 is 1.33 bits per heavy atom. The van der Waals surface area contributed by atoms with E-state index in [-0.39, 0.29) is 24.6 Å². The molecule has 0 bridgehead atoms. The summed E-state index contributed by atoms with van der Waals surface area (Å²) in [6, 6.07) is 7.05. The lowest BCUT2D eigenvalue weighted by Crippen LogP contribution is -2.35. The molecule has 0 saturated heterocycles. The summed E-state index contributed by atoms with van der Waals surface area (Å²) in [4.78, 5) is 10.9. The van der Waals surface area contributed by atoms with Crippen molar-refractivity contribution in [2.24, 2.45) is 0 Å². The molecular weight excluding hydrogens is 314 g/mol. The summed E-state index contributed by atoms with van der Waals surface area (Å²) in [5, 5.41) is 0.648. The molecule has 0 aliphatic heterocycles. The second-order valence-electron chi connectivity index (χ2n) is 4.85. The van der Waals surface area contributed by atoms with Gasteiger partial charge in [-0.25, -0.2) is 13.1 Å². The van der Waals surface area contributed by atoms with Crippen LogP contribution in [0.1, 0.15) is 25.3 Å². The van der Waals surface area contributed by atoms with E-state index in [4.69, 9.17) is 11.6 Å². The molecule has 0 spiro atoms. The lowest BCUT2D eigenvalue weighted by Gasteiger charge is -2.14. The minimum atomic E-state index is -3.40. The standard InChI is InChI=1S/C14H20ClNO4S/c1-11(10-12-5-7-13(15)8-6-12)16-21(18,19)9-3-4-14(17)20-2/h5-8,11,16H,3-4,9-10H2,1-2H3. The van der Waals surface area contributed by atoms with Crippen molar-refractivity contribution in [2.75, 3.05) is 12.9 Å². The van der Waals surface area contributed by atoms with Crippen LogP contribution in [0.4, 0.5) is 0 Å². The van der Waals surface area contributed by atoms with E-state index in [0.29, 0.717) is 11.4 Å². The Labute approximate surface area is 130 Å². The van der Waals surface area contributed by atoms with Crippen molar-refractivity contribution < 1.29 is 17.9 Å². The van der Waals surface area contributed by atoms with Crippen LogP contribution in [0, 0.1) is 0 Å². The number of ether oxygens (including phenoxy) is 1. The van der Waals surface area contributed by atoms with Crippen LogP contribution in [0.5, 0.6) is 0 Å². The largest absolute Gasteiger partial charge is 0.469 e. The van der Waals surface area contributed by atoms with Gasteiger partial charge in [0.1, 0.15) is 0 Å². The number of rotatable bonds is 8. The number of carbonyl (C=O) groups is 1. The fourth-order valence-corrected chi connectivity index (χ4v) is 3.35. The first-order valence-corrected chi connectivity index (χ1v) is 8.66. The number of carbonyl (C=O) groups excluding carboxylic acids is 1. The second-order valence-corrected chi connectivity index (χ2v) is 7.16. The quantitative estimate of drug-likeness (QED) is 0.740. The first-order chi connectivity index (χ1) is 9.82. The highest BCUT2D eigenvalue weighted by Gasteiger charge is 2.15. The molecule has 0 aliphatic rings. The molecule has 1 unspecified atom stereocenters. The normalized spacial score (nSPS) is 12.9. The molecule has 118 valence electrons. The third-order valence-corrected chi connectivity index (χ3v) is 4.70. The van der Waals surface area contributed by atoms with Gasteiger partial charge in [-0.3, -0.25) is 4.79 Å². The maximum Gasteiger partial charge on any atom is 0.305 e. The fourth-order valence-electron chi connectivity index (χ4n) is 1.89. The van der Waals surface area contributed by atoms with Crippen molar-refractivity contribution in [3.8, 4) is 0 Å². The summed E-state index contributed by atoms with van der Waals surface area (Å²) in [6.07, 6.45) is 0.923. The van der Waals surface area contributed by atoms with E-state index >= 15 is 0 Å². The maximum atomic E-state index is 11.9. The van der Waals surface area contributed by atoms with E-state index in [1.54, 1.807) is 19.1 Å². The van der Waals surface area contributed by atoms with Crippen LogP contribution in [0.25, 0.3) is 0 Å². The number of hydrogen-bond acceptors (Lipinski definition) is 4. The predicted octanol–water partition coefficient (Wildman–Crippen LogP) is 2.14. The molecular formula is C14H20ClNO4S. The van der Waals surface area contributed by atoms with Gasteiger partial charge in [0, 0.05) is 17.5 Å². The van der Waals surface area contributed by atoms with Crippen LogP contribution in [-0.2, 0) is 26.0 Å². The number of halogens is 1. The van der Waals surface area contributed by atoms with Gasteiger partial charge < -0.3 is 4.74 Å². The molecule has 1 aromatic rings. The lowest BCUT2D eigenvalue weighted by molar-refractivity contribution is -0.140. The van der Waals surface area contributed by atoms with E-state index in [1.807, 2.05) is 12.1 Å². The molecule has 0 aromatic heterocycles. The van der Waals surface area contributed by atoms with Crippen LogP contribution < -0.4 is 4.72 Å². The van der Waals surface area contributed by atoms with Crippen LogP contribution >= 0.6 is 11.6 Å². The zero-order chi connectivity index (χ0) is 15.9. The number of methoxy groups -OCH3 is 1. The molecule has 1 rings (SSSR count). The molecule has 1 atom stereocenters. The maximum absolute atomic E-state index is 11.9. The van der Waals surface area contributed by atoms with Crippen LogP contribution in [0.15, 0.2) is 24.3 Å². The van der Waals surface area contributed by atoms with Gasteiger partial charge in [-0.1, -0.05) is 23.7 Å². The zero-order valence-corrected chi connectivity index (χ0v) is 13.7. The van der Waals surface area contributed by atoms with Gasteiger partial charge in [0.05, 0.1) is 12.9 Å². The molecule has 1 aromatic carbocycles. The Morgan fingerprint density at radius 3 is 2.52 bits per heavy atom. The topological polar surface area (TPSA) is 72.5 Å². The van der Waals surface area contributed by atoms with E-state index < -0.39 is 16.0 Å². The van der Waals surface area contributed by atoms with E-state index in [2.05, 4.69) is 9.46 Å². The Bertz CT molecular complexity index is 557. The summed E-state index contributed by atoms with van der Waals surface area (Å²) >= 11 is 5.80. The SMILES string of the molecule is COC(=O)CCCS(=O)(=O)NC(C)Cc1ccc(Cl)cc1. The number of esters is 1. The van der Waals surface area contributed by atoms with Gasteiger partial charge >= 0.3 is 5.97 Å². The summed E-state index contributed by atoms with van der Waals surface area (Å²) in [5.41, 5.74) is 1.00. The summed E-state index contributed by atoms with van der Waals surface area (Å²) in [7, 11) is -2.12. The molecule has 7 heteroatoms. The van der Waals surface area contributed by atoms with Gasteiger partial charge in [0.25, 0.3) is 0 Å². The molecule has 21 heavy (non-hydrogen) atoms. The average Bonchev–Trinajstić information content (AvgIpc) is 2.40. The third kappa shape index (κ3) is 7.45. The van der Waals surface area contributed by atoms with Crippen molar-refractivity contribution in [3.63, 3.8) is 0 Å². The van der Waals surface area contributed by atoms with Gasteiger partial charge in [-0.15, -0.1) is 0 Å². The second kappa shape index (κ2) is 8.36. The number of nitrogens with one attached hydrogen (secondary N) is 1. The van der Waals surface area contributed by atoms with Crippen molar-refractivity contribution >= 4 is 27.6 Å². The van der Waals surface area contributed by atoms with Crippen LogP contribution in [0.2, 0.25) is 5.02 Å². The van der Waals surface area contributed by atoms with Gasteiger partial charge in [-0.05, 0) is 37.5 Å². The zero-order valence-electron chi connectivity index (χ0n) is 12.1. The van der Waals surface area contributed by atoms with Crippen molar-refractivity contribution in [1.82, 2.24) is 4.72 Å². The molecule has 5 nitrogen and oxygen atoms in total. The molecule has 0 aliphatic carbocycles.